The van der Waals surface area contributed by atoms with Crippen molar-refractivity contribution in [2.24, 2.45) is 5.41 Å². The largest absolute Gasteiger partial charge is 0.505 e. The van der Waals surface area contributed by atoms with Gasteiger partial charge in [0, 0.05) is 22.6 Å². The highest BCUT2D eigenvalue weighted by Gasteiger charge is 2.48. The summed E-state index contributed by atoms with van der Waals surface area (Å²) in [5.74, 6) is -1.10. The summed E-state index contributed by atoms with van der Waals surface area (Å²) >= 11 is 0. The number of rotatable bonds is 11. The maximum atomic E-state index is 12.8. The molecule has 1 aliphatic heterocycles. The smallest absolute Gasteiger partial charge is 0.336 e. The van der Waals surface area contributed by atoms with Crippen LogP contribution in [0.5, 0.6) is 0 Å². The van der Waals surface area contributed by atoms with Crippen LogP contribution in [0, 0.1) is 5.41 Å². The number of allylic oxidation sites excluding steroid dienone is 4. The SMILES string of the molecule is C=C[C@](C)(CCC=C(C)C)C1=C[C@@](C=COC)([C@H](O)COC(=O)C(C)=CC)OC1=O. The summed E-state index contributed by atoms with van der Waals surface area (Å²) in [4.78, 5) is 24.7. The lowest BCUT2D eigenvalue weighted by Gasteiger charge is -2.28. The number of hydrogen-bond donors (Lipinski definition) is 1. The summed E-state index contributed by atoms with van der Waals surface area (Å²) in [6.07, 6.45) is 9.88. The van der Waals surface area contributed by atoms with E-state index in [1.165, 1.54) is 25.0 Å². The normalized spacial score (nSPS) is 22.0. The third-order valence-corrected chi connectivity index (χ3v) is 5.25. The molecule has 0 saturated carbocycles. The number of carbonyl (C=O) groups excluding carboxylic acids is 2. The van der Waals surface area contributed by atoms with Crippen molar-refractivity contribution in [3.8, 4) is 0 Å². The molecule has 1 aliphatic rings. The molecule has 0 bridgehead atoms. The van der Waals surface area contributed by atoms with Gasteiger partial charge in [-0.3, -0.25) is 0 Å². The van der Waals surface area contributed by atoms with Crippen LogP contribution in [0.15, 0.2) is 59.9 Å². The molecule has 0 aromatic carbocycles. The minimum Gasteiger partial charge on any atom is -0.505 e. The predicted molar refractivity (Wildman–Crippen MR) is 116 cm³/mol. The van der Waals surface area contributed by atoms with Crippen molar-refractivity contribution in [2.75, 3.05) is 13.7 Å². The van der Waals surface area contributed by atoms with Crippen LogP contribution >= 0.6 is 0 Å². The molecule has 1 heterocycles. The molecule has 6 nitrogen and oxygen atoms in total. The quantitative estimate of drug-likeness (QED) is 0.235. The van der Waals surface area contributed by atoms with Crippen LogP contribution in [0.1, 0.15) is 47.5 Å². The summed E-state index contributed by atoms with van der Waals surface area (Å²) in [7, 11) is 1.45. The maximum absolute atomic E-state index is 12.8. The first-order valence-electron chi connectivity index (χ1n) is 9.97. The number of esters is 2. The number of methoxy groups -OCH3 is 1. The Balaban J connectivity index is 3.22. The fourth-order valence-electron chi connectivity index (χ4n) is 2.98. The Morgan fingerprint density at radius 3 is 2.60 bits per heavy atom. The topological polar surface area (TPSA) is 82.1 Å². The van der Waals surface area contributed by atoms with Crippen LogP contribution in [-0.4, -0.2) is 42.5 Å². The molecule has 166 valence electrons. The number of aliphatic hydroxyl groups is 1. The second kappa shape index (κ2) is 11.0. The Morgan fingerprint density at radius 1 is 1.40 bits per heavy atom. The molecule has 0 amide bonds. The lowest BCUT2D eigenvalue weighted by atomic mass is 9.77. The minimum atomic E-state index is -1.51. The molecule has 0 aromatic heterocycles. The molecule has 6 heteroatoms. The van der Waals surface area contributed by atoms with E-state index in [9.17, 15) is 14.7 Å². The minimum absolute atomic E-state index is 0.350. The second-order valence-electron chi connectivity index (χ2n) is 7.87. The van der Waals surface area contributed by atoms with Gasteiger partial charge in [-0.2, -0.15) is 0 Å². The van der Waals surface area contributed by atoms with Gasteiger partial charge in [-0.1, -0.05) is 30.7 Å². The van der Waals surface area contributed by atoms with Crippen molar-refractivity contribution in [1.82, 2.24) is 0 Å². The summed E-state index contributed by atoms with van der Waals surface area (Å²) in [5.41, 5.74) is -0.149. The molecule has 0 unspecified atom stereocenters. The summed E-state index contributed by atoms with van der Waals surface area (Å²) in [6, 6.07) is 0. The van der Waals surface area contributed by atoms with Crippen LogP contribution < -0.4 is 0 Å². The van der Waals surface area contributed by atoms with E-state index < -0.39 is 29.1 Å². The Labute approximate surface area is 179 Å². The van der Waals surface area contributed by atoms with Crippen LogP contribution in [0.2, 0.25) is 0 Å². The molecule has 30 heavy (non-hydrogen) atoms. The monoisotopic (exact) mass is 418 g/mol. The Kier molecular flexibility index (Phi) is 9.30. The van der Waals surface area contributed by atoms with E-state index in [0.29, 0.717) is 17.6 Å². The summed E-state index contributed by atoms with van der Waals surface area (Å²) in [6.45, 7) is 12.8. The van der Waals surface area contributed by atoms with E-state index in [1.807, 2.05) is 20.8 Å². The van der Waals surface area contributed by atoms with E-state index in [1.54, 1.807) is 32.1 Å². The number of aliphatic hydroxyl groups excluding tert-OH is 1. The number of cyclic esters (lactones) is 1. The molecule has 0 fully saturated rings. The highest BCUT2D eigenvalue weighted by atomic mass is 16.6. The van der Waals surface area contributed by atoms with Crippen molar-refractivity contribution in [1.29, 1.82) is 0 Å². The van der Waals surface area contributed by atoms with E-state index in [2.05, 4.69) is 12.7 Å². The zero-order chi connectivity index (χ0) is 22.9. The molecule has 0 saturated heterocycles. The molecule has 1 N–H and O–H groups in total. The average molecular weight is 419 g/mol. The van der Waals surface area contributed by atoms with E-state index in [4.69, 9.17) is 14.2 Å². The Bertz CT molecular complexity index is 769. The van der Waals surface area contributed by atoms with Crippen LogP contribution in [-0.2, 0) is 23.8 Å². The Morgan fingerprint density at radius 2 is 2.07 bits per heavy atom. The van der Waals surface area contributed by atoms with Gasteiger partial charge in [-0.15, -0.1) is 6.58 Å². The third kappa shape index (κ3) is 6.20. The number of ether oxygens (including phenoxy) is 3. The molecule has 0 radical (unpaired) electrons. The number of hydrogen-bond acceptors (Lipinski definition) is 6. The third-order valence-electron chi connectivity index (χ3n) is 5.25. The summed E-state index contributed by atoms with van der Waals surface area (Å²) in [5, 5.41) is 10.8. The molecule has 0 spiro atoms. The van der Waals surface area contributed by atoms with Gasteiger partial charge in [0.15, 0.2) is 5.60 Å². The van der Waals surface area contributed by atoms with Crippen LogP contribution in [0.3, 0.4) is 0 Å². The van der Waals surface area contributed by atoms with E-state index in [-0.39, 0.29) is 6.61 Å². The molecular weight excluding hydrogens is 384 g/mol. The van der Waals surface area contributed by atoms with Gasteiger partial charge in [-0.25, -0.2) is 9.59 Å². The fraction of sp³-hybridized carbons (Fsp3) is 0.500. The maximum Gasteiger partial charge on any atom is 0.336 e. The molecule has 0 aliphatic carbocycles. The van der Waals surface area contributed by atoms with Crippen molar-refractivity contribution in [3.05, 3.63) is 59.9 Å². The highest BCUT2D eigenvalue weighted by Crippen LogP contribution is 2.42. The average Bonchev–Trinajstić information content (AvgIpc) is 3.07. The Hall–Kier alpha value is -2.60. The fourth-order valence-corrected chi connectivity index (χ4v) is 2.98. The first-order chi connectivity index (χ1) is 14.0. The van der Waals surface area contributed by atoms with E-state index in [0.717, 1.165) is 6.42 Å². The molecule has 1 rings (SSSR count). The first-order valence-corrected chi connectivity index (χ1v) is 9.97. The molecule has 0 aromatic rings. The number of carbonyl (C=O) groups is 2. The summed E-state index contributed by atoms with van der Waals surface area (Å²) < 4.78 is 15.7. The predicted octanol–water partition coefficient (Wildman–Crippen LogP) is 4.18. The van der Waals surface area contributed by atoms with Crippen LogP contribution in [0.25, 0.3) is 0 Å². The zero-order valence-electron chi connectivity index (χ0n) is 18.9. The highest BCUT2D eigenvalue weighted by molar-refractivity contribution is 5.94. The van der Waals surface area contributed by atoms with E-state index >= 15 is 0 Å². The van der Waals surface area contributed by atoms with Crippen molar-refractivity contribution in [3.63, 3.8) is 0 Å². The van der Waals surface area contributed by atoms with Crippen molar-refractivity contribution >= 4 is 11.9 Å². The van der Waals surface area contributed by atoms with Gasteiger partial charge < -0.3 is 19.3 Å². The van der Waals surface area contributed by atoms with Gasteiger partial charge >= 0.3 is 11.9 Å². The van der Waals surface area contributed by atoms with Gasteiger partial charge in [0.1, 0.15) is 12.7 Å². The second-order valence-corrected chi connectivity index (χ2v) is 7.87. The van der Waals surface area contributed by atoms with Gasteiger partial charge in [0.2, 0.25) is 0 Å². The van der Waals surface area contributed by atoms with Gasteiger partial charge in [0.25, 0.3) is 0 Å². The first kappa shape index (κ1) is 25.4. The van der Waals surface area contributed by atoms with Crippen molar-refractivity contribution < 1.29 is 28.9 Å². The van der Waals surface area contributed by atoms with Crippen LogP contribution in [0.4, 0.5) is 0 Å². The van der Waals surface area contributed by atoms with Crippen molar-refractivity contribution in [2.45, 2.75) is 59.2 Å². The zero-order valence-corrected chi connectivity index (χ0v) is 18.9. The standard InChI is InChI=1S/C24H34O6/c1-8-18(5)21(26)29-16-20(25)24(13-14-28-7)15-19(22(27)30-24)23(6,9-2)12-10-11-17(3)4/h8-9,11,13-15,20,25H,2,10,12,16H2,1,3-7H3/t20-,23-,24+/m1/s1. The molecular formula is C24H34O6. The lowest BCUT2D eigenvalue weighted by molar-refractivity contribution is -0.157. The van der Waals surface area contributed by atoms with Gasteiger partial charge in [-0.05, 0) is 46.6 Å². The van der Waals surface area contributed by atoms with Gasteiger partial charge in [0.05, 0.1) is 13.4 Å². The molecule has 3 atom stereocenters. The lowest BCUT2D eigenvalue weighted by Crippen LogP contribution is -2.43.